The first-order valence-electron chi connectivity index (χ1n) is 8.09. The smallest absolute Gasteiger partial charge is 0.238 e. The van der Waals surface area contributed by atoms with Crippen LogP contribution in [0, 0.1) is 5.82 Å². The lowest BCUT2D eigenvalue weighted by Crippen LogP contribution is -2.36. The highest BCUT2D eigenvalue weighted by molar-refractivity contribution is 5.94. The third-order valence-corrected chi connectivity index (χ3v) is 3.57. The molecule has 0 unspecified atom stereocenters. The van der Waals surface area contributed by atoms with Crippen molar-refractivity contribution in [2.45, 2.75) is 13.3 Å². The van der Waals surface area contributed by atoms with Crippen LogP contribution in [0.15, 0.2) is 48.5 Å². The van der Waals surface area contributed by atoms with Crippen LogP contribution in [0.2, 0.25) is 0 Å². The average Bonchev–Trinajstić information content (AvgIpc) is 2.56. The fourth-order valence-corrected chi connectivity index (χ4v) is 2.35. The number of hydrogen-bond donors (Lipinski definition) is 2. The van der Waals surface area contributed by atoms with Gasteiger partial charge in [-0.3, -0.25) is 14.5 Å². The van der Waals surface area contributed by atoms with Crippen molar-refractivity contribution >= 4 is 23.2 Å². The fourth-order valence-electron chi connectivity index (χ4n) is 2.35. The topological polar surface area (TPSA) is 61.4 Å². The van der Waals surface area contributed by atoms with Crippen LogP contribution in [0.4, 0.5) is 15.8 Å². The number of nitrogens with zero attached hydrogens (tertiary/aromatic N) is 1. The van der Waals surface area contributed by atoms with Crippen molar-refractivity contribution in [3.05, 3.63) is 59.9 Å². The summed E-state index contributed by atoms with van der Waals surface area (Å²) in [5, 5.41) is 5.48. The highest BCUT2D eigenvalue weighted by atomic mass is 19.1. The van der Waals surface area contributed by atoms with Gasteiger partial charge in [-0.25, -0.2) is 4.39 Å². The van der Waals surface area contributed by atoms with Crippen LogP contribution >= 0.6 is 0 Å². The van der Waals surface area contributed by atoms with Crippen molar-refractivity contribution in [2.75, 3.05) is 30.8 Å². The number of halogens is 1. The second-order valence-corrected chi connectivity index (χ2v) is 5.83. The van der Waals surface area contributed by atoms with E-state index in [2.05, 4.69) is 17.6 Å². The normalized spacial score (nSPS) is 10.6. The van der Waals surface area contributed by atoms with E-state index in [4.69, 9.17) is 0 Å². The molecule has 2 N–H and O–H groups in total. The van der Waals surface area contributed by atoms with Crippen molar-refractivity contribution in [2.24, 2.45) is 0 Å². The standard InChI is InChI=1S/C19H22FN3O2/c1-3-14-5-4-6-17(11-14)22-19(25)13-23(2)12-18(24)21-16-9-7-15(20)8-10-16/h4-11H,3,12-13H2,1-2H3,(H,21,24)(H,22,25). The molecule has 5 nitrogen and oxygen atoms in total. The number of rotatable bonds is 7. The number of hydrogen-bond acceptors (Lipinski definition) is 3. The fraction of sp³-hybridized carbons (Fsp3) is 0.263. The first-order valence-corrected chi connectivity index (χ1v) is 8.09. The van der Waals surface area contributed by atoms with Crippen molar-refractivity contribution in [3.8, 4) is 0 Å². The summed E-state index contributed by atoms with van der Waals surface area (Å²) >= 11 is 0. The van der Waals surface area contributed by atoms with Crippen molar-refractivity contribution < 1.29 is 14.0 Å². The molecule has 0 aliphatic rings. The quantitative estimate of drug-likeness (QED) is 0.813. The number of anilines is 2. The summed E-state index contributed by atoms with van der Waals surface area (Å²) < 4.78 is 12.8. The second kappa shape index (κ2) is 8.94. The summed E-state index contributed by atoms with van der Waals surface area (Å²) in [6.07, 6.45) is 0.896. The Labute approximate surface area is 146 Å². The molecule has 2 aromatic rings. The van der Waals surface area contributed by atoms with Gasteiger partial charge in [-0.05, 0) is 55.4 Å². The molecule has 0 saturated heterocycles. The number of aryl methyl sites for hydroxylation is 1. The Kier molecular flexibility index (Phi) is 6.65. The van der Waals surface area contributed by atoms with Gasteiger partial charge in [0.1, 0.15) is 5.82 Å². The first kappa shape index (κ1) is 18.6. The molecule has 2 rings (SSSR count). The number of likely N-dealkylation sites (N-methyl/N-ethyl adjacent to an activating group) is 1. The predicted octanol–water partition coefficient (Wildman–Crippen LogP) is 2.90. The van der Waals surface area contributed by atoms with Gasteiger partial charge >= 0.3 is 0 Å². The summed E-state index contributed by atoms with van der Waals surface area (Å²) in [5.74, 6) is -0.820. The van der Waals surface area contributed by atoms with E-state index in [1.54, 1.807) is 11.9 Å². The Morgan fingerprint density at radius 2 is 1.56 bits per heavy atom. The van der Waals surface area contributed by atoms with Gasteiger partial charge in [-0.1, -0.05) is 19.1 Å². The van der Waals surface area contributed by atoms with Crippen molar-refractivity contribution in [1.29, 1.82) is 0 Å². The molecule has 0 bridgehead atoms. The largest absolute Gasteiger partial charge is 0.325 e. The van der Waals surface area contributed by atoms with E-state index in [9.17, 15) is 14.0 Å². The van der Waals surface area contributed by atoms with Gasteiger partial charge in [0.15, 0.2) is 0 Å². The minimum atomic E-state index is -0.362. The van der Waals surface area contributed by atoms with Crippen molar-refractivity contribution in [3.63, 3.8) is 0 Å². The van der Waals surface area contributed by atoms with Crippen LogP contribution in [-0.4, -0.2) is 36.9 Å². The summed E-state index contributed by atoms with van der Waals surface area (Å²) in [6, 6.07) is 13.2. The van der Waals surface area contributed by atoms with E-state index in [-0.39, 0.29) is 30.7 Å². The predicted molar refractivity (Wildman–Crippen MR) is 97.0 cm³/mol. The average molecular weight is 343 g/mol. The zero-order valence-electron chi connectivity index (χ0n) is 14.4. The Hall–Kier alpha value is -2.73. The lowest BCUT2D eigenvalue weighted by atomic mass is 10.1. The van der Waals surface area contributed by atoms with Crippen LogP contribution in [0.5, 0.6) is 0 Å². The zero-order chi connectivity index (χ0) is 18.2. The zero-order valence-corrected chi connectivity index (χ0v) is 14.4. The van der Waals surface area contributed by atoms with E-state index in [1.165, 1.54) is 24.3 Å². The number of benzene rings is 2. The van der Waals surface area contributed by atoms with Crippen LogP contribution < -0.4 is 10.6 Å². The van der Waals surface area contributed by atoms with Gasteiger partial charge in [0.05, 0.1) is 13.1 Å². The SMILES string of the molecule is CCc1cccc(NC(=O)CN(C)CC(=O)Nc2ccc(F)cc2)c1. The molecular weight excluding hydrogens is 321 g/mol. The molecule has 0 atom stereocenters. The van der Waals surface area contributed by atoms with E-state index >= 15 is 0 Å². The van der Waals surface area contributed by atoms with E-state index in [1.807, 2.05) is 24.3 Å². The van der Waals surface area contributed by atoms with Crippen LogP contribution in [-0.2, 0) is 16.0 Å². The summed E-state index contributed by atoms with van der Waals surface area (Å²) in [6.45, 7) is 2.20. The Bertz CT molecular complexity index is 732. The molecule has 0 radical (unpaired) electrons. The highest BCUT2D eigenvalue weighted by Gasteiger charge is 2.11. The van der Waals surface area contributed by atoms with Gasteiger partial charge in [0, 0.05) is 11.4 Å². The van der Waals surface area contributed by atoms with E-state index in [0.717, 1.165) is 17.7 Å². The molecule has 0 aromatic heterocycles. The van der Waals surface area contributed by atoms with E-state index in [0.29, 0.717) is 5.69 Å². The molecule has 0 aliphatic carbocycles. The highest BCUT2D eigenvalue weighted by Crippen LogP contribution is 2.11. The van der Waals surface area contributed by atoms with Gasteiger partial charge in [0.2, 0.25) is 11.8 Å². The maximum atomic E-state index is 12.8. The van der Waals surface area contributed by atoms with Gasteiger partial charge < -0.3 is 10.6 Å². The van der Waals surface area contributed by atoms with Gasteiger partial charge in [-0.15, -0.1) is 0 Å². The Morgan fingerprint density at radius 3 is 2.16 bits per heavy atom. The lowest BCUT2D eigenvalue weighted by Gasteiger charge is -2.16. The molecule has 0 fully saturated rings. The third kappa shape index (κ3) is 6.35. The van der Waals surface area contributed by atoms with Crippen LogP contribution in [0.3, 0.4) is 0 Å². The number of carbonyl (C=O) groups is 2. The maximum Gasteiger partial charge on any atom is 0.238 e. The molecule has 25 heavy (non-hydrogen) atoms. The lowest BCUT2D eigenvalue weighted by molar-refractivity contribution is -0.119. The molecule has 6 heteroatoms. The number of nitrogens with one attached hydrogen (secondary N) is 2. The number of amides is 2. The van der Waals surface area contributed by atoms with Gasteiger partial charge in [-0.2, -0.15) is 0 Å². The number of carbonyl (C=O) groups excluding carboxylic acids is 2. The molecule has 2 aromatic carbocycles. The summed E-state index contributed by atoms with van der Waals surface area (Å²) in [4.78, 5) is 25.6. The summed E-state index contributed by atoms with van der Waals surface area (Å²) in [5.41, 5.74) is 2.40. The maximum absolute atomic E-state index is 12.8. The Balaban J connectivity index is 1.80. The molecule has 0 spiro atoms. The first-order chi connectivity index (χ1) is 12.0. The van der Waals surface area contributed by atoms with Gasteiger partial charge in [0.25, 0.3) is 0 Å². The Morgan fingerprint density at radius 1 is 0.960 bits per heavy atom. The van der Waals surface area contributed by atoms with Crippen LogP contribution in [0.1, 0.15) is 12.5 Å². The molecular formula is C19H22FN3O2. The molecule has 0 aliphatic heterocycles. The van der Waals surface area contributed by atoms with E-state index < -0.39 is 0 Å². The minimum Gasteiger partial charge on any atom is -0.325 e. The third-order valence-electron chi connectivity index (χ3n) is 3.57. The molecule has 132 valence electrons. The molecule has 2 amide bonds. The molecule has 0 saturated carbocycles. The second-order valence-electron chi connectivity index (χ2n) is 5.83. The van der Waals surface area contributed by atoms with Crippen LogP contribution in [0.25, 0.3) is 0 Å². The minimum absolute atomic E-state index is 0.0554. The molecule has 0 heterocycles. The summed E-state index contributed by atoms with van der Waals surface area (Å²) in [7, 11) is 1.69. The van der Waals surface area contributed by atoms with Crippen molar-refractivity contribution in [1.82, 2.24) is 4.90 Å². The monoisotopic (exact) mass is 343 g/mol.